The fourth-order valence-electron chi connectivity index (χ4n) is 1.95. The predicted octanol–water partition coefficient (Wildman–Crippen LogP) is 2.56. The molecule has 0 saturated heterocycles. The molecule has 1 amide bonds. The van der Waals surface area contributed by atoms with Gasteiger partial charge in [0, 0.05) is 18.9 Å². The highest BCUT2D eigenvalue weighted by Crippen LogP contribution is 2.17. The smallest absolute Gasteiger partial charge is 0.261 e. The molecule has 0 saturated carbocycles. The summed E-state index contributed by atoms with van der Waals surface area (Å²) in [6, 6.07) is 9.06. The Kier molecular flexibility index (Phi) is 3.64. The van der Waals surface area contributed by atoms with Crippen LogP contribution in [0.2, 0.25) is 0 Å². The first-order valence-electron chi connectivity index (χ1n) is 6.19. The Morgan fingerprint density at radius 1 is 1.40 bits per heavy atom. The van der Waals surface area contributed by atoms with Gasteiger partial charge in [0.15, 0.2) is 0 Å². The fraction of sp³-hybridized carbons (Fsp3) is 0.143. The topological polar surface area (TPSA) is 60.1 Å². The number of hydrogen-bond donors (Lipinski definition) is 1. The number of nitrogens with zero attached hydrogens (tertiary/aromatic N) is 2. The molecule has 0 radical (unpaired) electrons. The molecule has 3 heterocycles. The maximum absolute atomic E-state index is 12.0. The largest absolute Gasteiger partial charge is 0.467 e. The maximum atomic E-state index is 12.0. The van der Waals surface area contributed by atoms with E-state index in [0.29, 0.717) is 11.4 Å². The lowest BCUT2D eigenvalue weighted by Gasteiger charge is -2.15. The van der Waals surface area contributed by atoms with Gasteiger partial charge in [0.25, 0.3) is 5.91 Å². The van der Waals surface area contributed by atoms with Crippen LogP contribution in [-0.2, 0) is 0 Å². The van der Waals surface area contributed by atoms with Crippen LogP contribution in [-0.4, -0.2) is 22.2 Å². The number of hydrogen-bond acceptors (Lipinski definition) is 4. The summed E-state index contributed by atoms with van der Waals surface area (Å²) in [6.45, 7) is 0.423. The zero-order chi connectivity index (χ0) is 13.8. The zero-order valence-electron chi connectivity index (χ0n) is 10.6. The van der Waals surface area contributed by atoms with Gasteiger partial charge in [0.05, 0.1) is 11.1 Å². The van der Waals surface area contributed by atoms with E-state index >= 15 is 0 Å². The molecule has 1 N–H and O–H groups in total. The Morgan fingerprint density at radius 2 is 2.35 bits per heavy atom. The summed E-state index contributed by atoms with van der Waals surface area (Å²) >= 11 is 1.42. The molecule has 0 aliphatic carbocycles. The number of rotatable bonds is 5. The van der Waals surface area contributed by atoms with Crippen molar-refractivity contribution in [2.24, 2.45) is 0 Å². The van der Waals surface area contributed by atoms with Crippen molar-refractivity contribution in [3.8, 4) is 0 Å². The summed E-state index contributed by atoms with van der Waals surface area (Å²) in [5.41, 5.74) is 0. The lowest BCUT2D eigenvalue weighted by molar-refractivity contribution is 0.0952. The quantitative estimate of drug-likeness (QED) is 0.784. The van der Waals surface area contributed by atoms with E-state index in [-0.39, 0.29) is 11.9 Å². The van der Waals surface area contributed by atoms with Gasteiger partial charge < -0.3 is 9.73 Å². The van der Waals surface area contributed by atoms with Crippen LogP contribution in [0, 0.1) is 0 Å². The summed E-state index contributed by atoms with van der Waals surface area (Å²) in [6.07, 6.45) is 5.18. The van der Waals surface area contributed by atoms with Crippen molar-refractivity contribution in [2.45, 2.75) is 6.04 Å². The number of nitrogens with one attached hydrogen (secondary N) is 1. The van der Waals surface area contributed by atoms with E-state index in [1.165, 1.54) is 11.3 Å². The Balaban J connectivity index is 1.73. The molecule has 0 spiro atoms. The van der Waals surface area contributed by atoms with E-state index < -0.39 is 0 Å². The van der Waals surface area contributed by atoms with Gasteiger partial charge in [-0.3, -0.25) is 9.48 Å². The molecule has 1 unspecified atom stereocenters. The Hall–Kier alpha value is -2.34. The van der Waals surface area contributed by atoms with Gasteiger partial charge in [-0.2, -0.15) is 5.10 Å². The molecule has 20 heavy (non-hydrogen) atoms. The highest BCUT2D eigenvalue weighted by Gasteiger charge is 2.18. The number of aromatic nitrogens is 2. The molecule has 0 aliphatic heterocycles. The van der Waals surface area contributed by atoms with Gasteiger partial charge in [-0.25, -0.2) is 0 Å². The highest BCUT2D eigenvalue weighted by molar-refractivity contribution is 7.12. The van der Waals surface area contributed by atoms with E-state index in [0.717, 1.165) is 5.76 Å². The van der Waals surface area contributed by atoms with Crippen LogP contribution in [0.1, 0.15) is 21.5 Å². The van der Waals surface area contributed by atoms with Crippen LogP contribution in [0.4, 0.5) is 0 Å². The molecular weight excluding hydrogens is 274 g/mol. The Morgan fingerprint density at radius 3 is 3.00 bits per heavy atom. The second-order valence-electron chi connectivity index (χ2n) is 4.20. The second kappa shape index (κ2) is 5.75. The minimum absolute atomic E-state index is 0.0799. The molecule has 6 heteroatoms. The van der Waals surface area contributed by atoms with Crippen LogP contribution in [0.3, 0.4) is 0 Å². The number of carbonyl (C=O) groups excluding carboxylic acids is 1. The van der Waals surface area contributed by atoms with Crippen molar-refractivity contribution in [2.75, 3.05) is 6.54 Å². The van der Waals surface area contributed by atoms with Crippen molar-refractivity contribution in [3.05, 3.63) is 65.0 Å². The van der Waals surface area contributed by atoms with Gasteiger partial charge in [-0.05, 0) is 29.6 Å². The van der Waals surface area contributed by atoms with Gasteiger partial charge in [0.2, 0.25) is 0 Å². The van der Waals surface area contributed by atoms with E-state index in [2.05, 4.69) is 10.4 Å². The number of furan rings is 1. The average Bonchev–Trinajstić information content (AvgIpc) is 3.22. The molecule has 0 aliphatic rings. The van der Waals surface area contributed by atoms with Crippen LogP contribution >= 0.6 is 11.3 Å². The van der Waals surface area contributed by atoms with E-state index in [1.807, 2.05) is 35.8 Å². The monoisotopic (exact) mass is 287 g/mol. The molecule has 0 aromatic carbocycles. The minimum Gasteiger partial charge on any atom is -0.467 e. The molecule has 3 aromatic rings. The first-order chi connectivity index (χ1) is 9.84. The summed E-state index contributed by atoms with van der Waals surface area (Å²) in [5, 5.41) is 9.01. The van der Waals surface area contributed by atoms with Gasteiger partial charge in [0.1, 0.15) is 11.8 Å². The molecule has 0 bridgehead atoms. The van der Waals surface area contributed by atoms with E-state index in [9.17, 15) is 4.79 Å². The van der Waals surface area contributed by atoms with Crippen LogP contribution in [0.25, 0.3) is 0 Å². The predicted molar refractivity (Wildman–Crippen MR) is 75.7 cm³/mol. The van der Waals surface area contributed by atoms with Crippen LogP contribution in [0.15, 0.2) is 58.8 Å². The van der Waals surface area contributed by atoms with Crippen molar-refractivity contribution in [3.63, 3.8) is 0 Å². The third kappa shape index (κ3) is 2.65. The average molecular weight is 287 g/mol. The lowest BCUT2D eigenvalue weighted by Crippen LogP contribution is -2.31. The van der Waals surface area contributed by atoms with Crippen molar-refractivity contribution < 1.29 is 9.21 Å². The van der Waals surface area contributed by atoms with Crippen LogP contribution < -0.4 is 5.32 Å². The summed E-state index contributed by atoms with van der Waals surface area (Å²) < 4.78 is 7.20. The summed E-state index contributed by atoms with van der Waals surface area (Å²) in [7, 11) is 0. The third-order valence-electron chi connectivity index (χ3n) is 2.92. The number of carbonyl (C=O) groups is 1. The van der Waals surface area contributed by atoms with Crippen LogP contribution in [0.5, 0.6) is 0 Å². The second-order valence-corrected chi connectivity index (χ2v) is 5.15. The summed E-state index contributed by atoms with van der Waals surface area (Å²) in [4.78, 5) is 12.7. The number of thiophene rings is 1. The van der Waals surface area contributed by atoms with Gasteiger partial charge >= 0.3 is 0 Å². The molecule has 0 fully saturated rings. The minimum atomic E-state index is -0.149. The van der Waals surface area contributed by atoms with Crippen molar-refractivity contribution in [1.29, 1.82) is 0 Å². The highest BCUT2D eigenvalue weighted by atomic mass is 32.1. The van der Waals surface area contributed by atoms with Crippen molar-refractivity contribution >= 4 is 17.2 Å². The molecule has 1 atom stereocenters. The standard InChI is InChI=1S/C14H13N3O2S/c18-14(13-5-2-9-20-13)15-10-11(12-4-1-8-19-12)17-7-3-6-16-17/h1-9,11H,10H2,(H,15,18). The zero-order valence-corrected chi connectivity index (χ0v) is 11.4. The molecule has 3 rings (SSSR count). The lowest BCUT2D eigenvalue weighted by atomic mass is 10.2. The normalized spacial score (nSPS) is 12.2. The van der Waals surface area contributed by atoms with Gasteiger partial charge in [-0.1, -0.05) is 6.07 Å². The first kappa shape index (κ1) is 12.7. The fourth-order valence-corrected chi connectivity index (χ4v) is 2.59. The molecule has 5 nitrogen and oxygen atoms in total. The van der Waals surface area contributed by atoms with E-state index in [1.54, 1.807) is 23.2 Å². The molecular formula is C14H13N3O2S. The number of amides is 1. The third-order valence-corrected chi connectivity index (χ3v) is 3.79. The molecule has 102 valence electrons. The Bertz CT molecular complexity index is 610. The molecule has 3 aromatic heterocycles. The Labute approximate surface area is 119 Å². The summed E-state index contributed by atoms with van der Waals surface area (Å²) in [5.74, 6) is 0.684. The van der Waals surface area contributed by atoms with Gasteiger partial charge in [-0.15, -0.1) is 11.3 Å². The SMILES string of the molecule is O=C(NCC(c1ccco1)n1cccn1)c1cccs1. The first-order valence-corrected chi connectivity index (χ1v) is 7.07. The van der Waals surface area contributed by atoms with E-state index in [4.69, 9.17) is 4.42 Å². The maximum Gasteiger partial charge on any atom is 0.261 e. The van der Waals surface area contributed by atoms with Crippen molar-refractivity contribution in [1.82, 2.24) is 15.1 Å².